The van der Waals surface area contributed by atoms with Crippen LogP contribution in [0.4, 0.5) is 5.95 Å². The van der Waals surface area contributed by atoms with E-state index in [0.29, 0.717) is 5.95 Å². The SMILES string of the molecule is COc1ccc(C2CCNc3nc(C(N)=O)nn32)cc1. The van der Waals surface area contributed by atoms with E-state index in [4.69, 9.17) is 10.5 Å². The van der Waals surface area contributed by atoms with Crippen LogP contribution in [0.5, 0.6) is 5.75 Å². The second-order valence-corrected chi connectivity index (χ2v) is 4.57. The maximum absolute atomic E-state index is 11.2. The average Bonchev–Trinajstić information content (AvgIpc) is 2.91. The van der Waals surface area contributed by atoms with Crippen molar-refractivity contribution in [3.63, 3.8) is 0 Å². The van der Waals surface area contributed by atoms with E-state index in [-0.39, 0.29) is 11.9 Å². The third-order valence-corrected chi connectivity index (χ3v) is 3.35. The molecule has 0 saturated heterocycles. The van der Waals surface area contributed by atoms with Crippen LogP contribution in [0.1, 0.15) is 28.6 Å². The van der Waals surface area contributed by atoms with Gasteiger partial charge in [0.2, 0.25) is 11.8 Å². The second kappa shape index (κ2) is 4.84. The summed E-state index contributed by atoms with van der Waals surface area (Å²) in [5, 5.41) is 7.31. The predicted octanol–water partition coefficient (Wildman–Crippen LogP) is 0.791. The van der Waals surface area contributed by atoms with Crippen molar-refractivity contribution in [2.24, 2.45) is 5.73 Å². The van der Waals surface area contributed by atoms with E-state index in [0.717, 1.165) is 24.3 Å². The molecule has 1 aliphatic heterocycles. The van der Waals surface area contributed by atoms with Gasteiger partial charge in [0, 0.05) is 6.54 Å². The number of benzene rings is 1. The summed E-state index contributed by atoms with van der Waals surface area (Å²) in [4.78, 5) is 15.3. The highest BCUT2D eigenvalue weighted by Crippen LogP contribution is 2.29. The zero-order valence-corrected chi connectivity index (χ0v) is 11.0. The van der Waals surface area contributed by atoms with Crippen LogP contribution in [0.3, 0.4) is 0 Å². The van der Waals surface area contributed by atoms with Crippen LogP contribution >= 0.6 is 0 Å². The van der Waals surface area contributed by atoms with Gasteiger partial charge in [-0.2, -0.15) is 4.98 Å². The highest BCUT2D eigenvalue weighted by molar-refractivity contribution is 5.89. The highest BCUT2D eigenvalue weighted by atomic mass is 16.5. The Morgan fingerprint density at radius 2 is 2.20 bits per heavy atom. The maximum Gasteiger partial charge on any atom is 0.288 e. The zero-order valence-electron chi connectivity index (χ0n) is 11.0. The van der Waals surface area contributed by atoms with Crippen LogP contribution in [0.2, 0.25) is 0 Å². The third-order valence-electron chi connectivity index (χ3n) is 3.35. The summed E-state index contributed by atoms with van der Waals surface area (Å²) in [6, 6.07) is 7.83. The number of hydrogen-bond donors (Lipinski definition) is 2. The molecule has 3 N–H and O–H groups in total. The molecular formula is C13H15N5O2. The Kier molecular flexibility index (Phi) is 3.02. The van der Waals surface area contributed by atoms with Crippen LogP contribution in [-0.2, 0) is 0 Å². The van der Waals surface area contributed by atoms with E-state index in [2.05, 4.69) is 15.4 Å². The molecule has 0 aliphatic carbocycles. The predicted molar refractivity (Wildman–Crippen MR) is 72.8 cm³/mol. The molecule has 1 atom stereocenters. The van der Waals surface area contributed by atoms with Crippen molar-refractivity contribution in [2.45, 2.75) is 12.5 Å². The van der Waals surface area contributed by atoms with Gasteiger partial charge in [-0.25, -0.2) is 4.68 Å². The van der Waals surface area contributed by atoms with Gasteiger partial charge < -0.3 is 15.8 Å². The van der Waals surface area contributed by atoms with Crippen molar-refractivity contribution >= 4 is 11.9 Å². The summed E-state index contributed by atoms with van der Waals surface area (Å²) in [5.41, 5.74) is 6.32. The molecule has 0 spiro atoms. The van der Waals surface area contributed by atoms with Crippen molar-refractivity contribution in [2.75, 3.05) is 19.0 Å². The molecule has 104 valence electrons. The van der Waals surface area contributed by atoms with Gasteiger partial charge >= 0.3 is 0 Å². The van der Waals surface area contributed by atoms with Gasteiger partial charge in [0.25, 0.3) is 5.91 Å². The summed E-state index contributed by atoms with van der Waals surface area (Å²) in [7, 11) is 1.63. The van der Waals surface area contributed by atoms with Crippen LogP contribution in [0.25, 0.3) is 0 Å². The molecule has 2 aromatic rings. The topological polar surface area (TPSA) is 95.1 Å². The van der Waals surface area contributed by atoms with Crippen LogP contribution in [0, 0.1) is 0 Å². The minimum absolute atomic E-state index is 0.0351. The lowest BCUT2D eigenvalue weighted by atomic mass is 10.0. The number of ether oxygens (including phenoxy) is 1. The van der Waals surface area contributed by atoms with Gasteiger partial charge in [-0.15, -0.1) is 5.10 Å². The van der Waals surface area contributed by atoms with Crippen molar-refractivity contribution in [1.82, 2.24) is 14.8 Å². The molecule has 20 heavy (non-hydrogen) atoms. The number of hydrogen-bond acceptors (Lipinski definition) is 5. The molecule has 7 nitrogen and oxygen atoms in total. The van der Waals surface area contributed by atoms with Gasteiger partial charge in [0.1, 0.15) is 5.75 Å². The monoisotopic (exact) mass is 273 g/mol. The fraction of sp³-hybridized carbons (Fsp3) is 0.308. The number of methoxy groups -OCH3 is 1. The second-order valence-electron chi connectivity index (χ2n) is 4.57. The minimum Gasteiger partial charge on any atom is -0.497 e. The molecule has 0 bridgehead atoms. The molecule has 0 fully saturated rings. The summed E-state index contributed by atoms with van der Waals surface area (Å²) in [6.07, 6.45) is 0.862. The zero-order chi connectivity index (χ0) is 14.1. The number of carbonyl (C=O) groups is 1. The standard InChI is InChI=1S/C13H15N5O2/c1-20-9-4-2-8(3-5-9)10-6-7-15-13-16-12(11(14)19)17-18(10)13/h2-5,10H,6-7H2,1H3,(H2,14,19)(H,15,16,17). The van der Waals surface area contributed by atoms with Gasteiger partial charge in [-0.3, -0.25) is 4.79 Å². The molecule has 1 aromatic carbocycles. The molecule has 3 rings (SSSR count). The number of anilines is 1. The Hall–Kier alpha value is -2.57. The van der Waals surface area contributed by atoms with Crippen LogP contribution in [0.15, 0.2) is 24.3 Å². The lowest BCUT2D eigenvalue weighted by molar-refractivity contribution is 0.0990. The molecule has 0 radical (unpaired) electrons. The number of nitrogens with zero attached hydrogens (tertiary/aromatic N) is 3. The molecule has 1 amide bonds. The molecule has 1 aliphatic rings. The molecule has 7 heteroatoms. The van der Waals surface area contributed by atoms with E-state index in [1.54, 1.807) is 11.8 Å². The Morgan fingerprint density at radius 1 is 1.45 bits per heavy atom. The summed E-state index contributed by atoms with van der Waals surface area (Å²) >= 11 is 0. The first-order chi connectivity index (χ1) is 9.69. The fourth-order valence-corrected chi connectivity index (χ4v) is 2.34. The van der Waals surface area contributed by atoms with Crippen molar-refractivity contribution in [3.8, 4) is 5.75 Å². The Labute approximate surface area is 115 Å². The van der Waals surface area contributed by atoms with Gasteiger partial charge in [0.15, 0.2) is 0 Å². The maximum atomic E-state index is 11.2. The largest absolute Gasteiger partial charge is 0.497 e. The third kappa shape index (κ3) is 2.07. The molecule has 2 heterocycles. The first-order valence-corrected chi connectivity index (χ1v) is 6.33. The van der Waals surface area contributed by atoms with Gasteiger partial charge in [-0.05, 0) is 24.1 Å². The summed E-state index contributed by atoms with van der Waals surface area (Å²) in [6.45, 7) is 0.771. The lowest BCUT2D eigenvalue weighted by Crippen LogP contribution is -2.24. The summed E-state index contributed by atoms with van der Waals surface area (Å²) < 4.78 is 6.87. The van der Waals surface area contributed by atoms with Gasteiger partial charge in [-0.1, -0.05) is 12.1 Å². The van der Waals surface area contributed by atoms with Crippen molar-refractivity contribution in [3.05, 3.63) is 35.7 Å². The first kappa shape index (κ1) is 12.5. The molecule has 0 saturated carbocycles. The number of rotatable bonds is 3. The Balaban J connectivity index is 1.97. The number of fused-ring (bicyclic) bond motifs is 1. The molecule has 1 unspecified atom stereocenters. The lowest BCUT2D eigenvalue weighted by Gasteiger charge is -2.24. The number of nitrogens with one attached hydrogen (secondary N) is 1. The fourth-order valence-electron chi connectivity index (χ4n) is 2.34. The first-order valence-electron chi connectivity index (χ1n) is 6.33. The van der Waals surface area contributed by atoms with E-state index < -0.39 is 5.91 Å². The Bertz CT molecular complexity index is 635. The Morgan fingerprint density at radius 3 is 2.85 bits per heavy atom. The number of carbonyl (C=O) groups excluding carboxylic acids is 1. The van der Waals surface area contributed by atoms with E-state index >= 15 is 0 Å². The number of aromatic nitrogens is 3. The van der Waals surface area contributed by atoms with Crippen molar-refractivity contribution in [1.29, 1.82) is 0 Å². The normalized spacial score (nSPS) is 17.1. The minimum atomic E-state index is -0.623. The van der Waals surface area contributed by atoms with Crippen LogP contribution in [-0.4, -0.2) is 34.3 Å². The van der Waals surface area contributed by atoms with Crippen LogP contribution < -0.4 is 15.8 Å². The van der Waals surface area contributed by atoms with E-state index in [1.165, 1.54) is 0 Å². The molecular weight excluding hydrogens is 258 g/mol. The molecule has 1 aromatic heterocycles. The average molecular weight is 273 g/mol. The summed E-state index contributed by atoms with van der Waals surface area (Å²) in [5.74, 6) is 0.792. The number of nitrogens with two attached hydrogens (primary N) is 1. The van der Waals surface area contributed by atoms with E-state index in [9.17, 15) is 4.79 Å². The van der Waals surface area contributed by atoms with E-state index in [1.807, 2.05) is 24.3 Å². The number of amides is 1. The van der Waals surface area contributed by atoms with Gasteiger partial charge in [0.05, 0.1) is 13.2 Å². The smallest absolute Gasteiger partial charge is 0.288 e. The van der Waals surface area contributed by atoms with Crippen molar-refractivity contribution < 1.29 is 9.53 Å². The number of primary amides is 1. The highest BCUT2D eigenvalue weighted by Gasteiger charge is 2.25. The quantitative estimate of drug-likeness (QED) is 0.862.